The zero-order valence-corrected chi connectivity index (χ0v) is 13.5. The first-order chi connectivity index (χ1) is 11.8. The fraction of sp³-hybridized carbons (Fsp3) is 0.182. The average molecular weight is 373 g/mol. The number of hydrogen-bond donors (Lipinski definition) is 3. The maximum absolute atomic E-state index is 12.1. The lowest BCUT2D eigenvalue weighted by molar-refractivity contribution is 0.0692. The number of methoxy groups -OCH3 is 2. The first-order valence-electron chi connectivity index (χ1n) is 6.24. The Morgan fingerprint density at radius 1 is 1.12 bits per heavy atom. The summed E-state index contributed by atoms with van der Waals surface area (Å²) in [5, 5.41) is 10.9. The largest absolute Gasteiger partial charge is 0.478 e. The number of ether oxygens (including phenoxy) is 2. The van der Waals surface area contributed by atoms with Crippen LogP contribution in [0.1, 0.15) is 10.4 Å². The third-order valence-corrected chi connectivity index (χ3v) is 3.91. The molecule has 0 aliphatic carbocycles. The lowest BCUT2D eigenvalue weighted by Gasteiger charge is -2.08. The lowest BCUT2D eigenvalue weighted by Crippen LogP contribution is -2.35. The van der Waals surface area contributed by atoms with Crippen LogP contribution in [0.3, 0.4) is 0 Å². The fourth-order valence-electron chi connectivity index (χ4n) is 1.53. The molecular formula is C11H11N5O8S. The number of carbonyl (C=O) groups excluding carboxylic acids is 1. The second-order valence-electron chi connectivity index (χ2n) is 4.15. The highest BCUT2D eigenvalue weighted by Gasteiger charge is 2.27. The van der Waals surface area contributed by atoms with Crippen molar-refractivity contribution in [3.05, 3.63) is 18.1 Å². The van der Waals surface area contributed by atoms with Crippen molar-refractivity contribution in [1.82, 2.24) is 19.7 Å². The Labute approximate surface area is 140 Å². The van der Waals surface area contributed by atoms with E-state index in [1.165, 1.54) is 14.2 Å². The van der Waals surface area contributed by atoms with Gasteiger partial charge in [0.1, 0.15) is 23.0 Å². The van der Waals surface area contributed by atoms with Crippen molar-refractivity contribution >= 4 is 28.0 Å². The van der Waals surface area contributed by atoms with Gasteiger partial charge in [0.05, 0.1) is 14.2 Å². The molecule has 2 heterocycles. The van der Waals surface area contributed by atoms with Gasteiger partial charge in [0.15, 0.2) is 0 Å². The van der Waals surface area contributed by atoms with Crippen LogP contribution in [0.25, 0.3) is 0 Å². The summed E-state index contributed by atoms with van der Waals surface area (Å²) < 4.78 is 39.8. The molecule has 2 amide bonds. The van der Waals surface area contributed by atoms with E-state index < -0.39 is 32.5 Å². The molecule has 0 atom stereocenters. The quantitative estimate of drug-likeness (QED) is 0.603. The molecule has 2 aromatic rings. The van der Waals surface area contributed by atoms with Gasteiger partial charge in [-0.2, -0.15) is 9.97 Å². The highest BCUT2D eigenvalue weighted by molar-refractivity contribution is 7.90. The van der Waals surface area contributed by atoms with Crippen molar-refractivity contribution in [2.75, 3.05) is 19.5 Å². The van der Waals surface area contributed by atoms with Crippen LogP contribution in [-0.4, -0.2) is 54.7 Å². The molecule has 0 aliphatic rings. The van der Waals surface area contributed by atoms with E-state index in [0.29, 0.717) is 6.26 Å². The molecule has 0 radical (unpaired) electrons. The Morgan fingerprint density at radius 3 is 2.24 bits per heavy atom. The van der Waals surface area contributed by atoms with Crippen LogP contribution in [0.4, 0.5) is 10.7 Å². The zero-order chi connectivity index (χ0) is 18.6. The number of anilines is 1. The minimum atomic E-state index is -4.51. The summed E-state index contributed by atoms with van der Waals surface area (Å²) in [6, 6.07) is -1.63. The van der Waals surface area contributed by atoms with Crippen molar-refractivity contribution in [3.63, 3.8) is 0 Å². The number of furan rings is 1. The second-order valence-corrected chi connectivity index (χ2v) is 5.80. The van der Waals surface area contributed by atoms with Gasteiger partial charge in [-0.3, -0.25) is 5.32 Å². The van der Waals surface area contributed by atoms with Gasteiger partial charge in [-0.05, 0) is 0 Å². The Kier molecular flexibility index (Phi) is 5.02. The average Bonchev–Trinajstić information content (AvgIpc) is 3.04. The second kappa shape index (κ2) is 7.00. The standard InChI is InChI=1S/C11H11N5O8S/c1-22-10-13-8(14-11(15-10)23-2)12-9(19)16-25(20,21)6-4-24-3-5(6)7(17)18/h3-4H,1-2H3,(H,17,18)(H2,12,13,14,15,16,19). The summed E-state index contributed by atoms with van der Waals surface area (Å²) in [6.07, 6.45) is 1.39. The predicted molar refractivity (Wildman–Crippen MR) is 77.9 cm³/mol. The molecule has 0 bridgehead atoms. The van der Waals surface area contributed by atoms with E-state index in [9.17, 15) is 18.0 Å². The van der Waals surface area contributed by atoms with Crippen LogP contribution < -0.4 is 19.5 Å². The van der Waals surface area contributed by atoms with Crippen molar-refractivity contribution in [3.8, 4) is 12.0 Å². The Balaban J connectivity index is 2.19. The van der Waals surface area contributed by atoms with Gasteiger partial charge in [0.2, 0.25) is 5.95 Å². The van der Waals surface area contributed by atoms with Crippen LogP contribution in [0, 0.1) is 0 Å². The lowest BCUT2D eigenvalue weighted by atomic mass is 10.3. The van der Waals surface area contributed by atoms with Crippen molar-refractivity contribution in [2.24, 2.45) is 0 Å². The Bertz CT molecular complexity index is 887. The van der Waals surface area contributed by atoms with Crippen LogP contribution in [0.2, 0.25) is 0 Å². The number of aromatic carboxylic acids is 1. The molecule has 3 N–H and O–H groups in total. The minimum Gasteiger partial charge on any atom is -0.478 e. The smallest absolute Gasteiger partial charge is 0.340 e. The minimum absolute atomic E-state index is 0.187. The molecule has 0 unspecified atom stereocenters. The first kappa shape index (κ1) is 17.9. The highest BCUT2D eigenvalue weighted by Crippen LogP contribution is 2.17. The maximum Gasteiger partial charge on any atom is 0.340 e. The van der Waals surface area contributed by atoms with Crippen LogP contribution in [0.5, 0.6) is 12.0 Å². The first-order valence-corrected chi connectivity index (χ1v) is 7.72. The molecule has 25 heavy (non-hydrogen) atoms. The number of carboxylic acid groups (broad SMARTS) is 1. The molecule has 2 aromatic heterocycles. The number of carboxylic acids is 1. The summed E-state index contributed by atoms with van der Waals surface area (Å²) in [5.74, 6) is -1.90. The van der Waals surface area contributed by atoms with Gasteiger partial charge in [-0.1, -0.05) is 0 Å². The third-order valence-electron chi connectivity index (χ3n) is 2.56. The molecule has 0 saturated carbocycles. The molecule has 0 fully saturated rings. The molecule has 134 valence electrons. The molecule has 13 nitrogen and oxygen atoms in total. The molecule has 14 heteroatoms. The van der Waals surface area contributed by atoms with Gasteiger partial charge in [0.25, 0.3) is 10.0 Å². The van der Waals surface area contributed by atoms with Gasteiger partial charge in [-0.15, -0.1) is 4.98 Å². The molecule has 0 saturated heterocycles. The number of amides is 2. The summed E-state index contributed by atoms with van der Waals surface area (Å²) in [5.41, 5.74) is -0.635. The van der Waals surface area contributed by atoms with Gasteiger partial charge < -0.3 is 19.0 Å². The van der Waals surface area contributed by atoms with Gasteiger partial charge >= 0.3 is 24.0 Å². The third kappa shape index (κ3) is 4.11. The number of sulfonamides is 1. The van der Waals surface area contributed by atoms with Crippen molar-refractivity contribution in [2.45, 2.75) is 4.90 Å². The normalized spacial score (nSPS) is 10.8. The number of nitrogens with zero attached hydrogens (tertiary/aromatic N) is 3. The highest BCUT2D eigenvalue weighted by atomic mass is 32.2. The zero-order valence-electron chi connectivity index (χ0n) is 12.7. The molecule has 2 rings (SSSR count). The summed E-state index contributed by atoms with van der Waals surface area (Å²) >= 11 is 0. The number of nitrogens with one attached hydrogen (secondary N) is 2. The van der Waals surface area contributed by atoms with E-state index in [4.69, 9.17) is 14.6 Å². The van der Waals surface area contributed by atoms with E-state index >= 15 is 0 Å². The predicted octanol–water partition coefficient (Wildman–Crippen LogP) is -0.310. The van der Waals surface area contributed by atoms with Crippen LogP contribution >= 0.6 is 0 Å². The van der Waals surface area contributed by atoms with E-state index in [1.54, 1.807) is 4.72 Å². The molecular weight excluding hydrogens is 362 g/mol. The number of hydrogen-bond acceptors (Lipinski definition) is 10. The number of carbonyl (C=O) groups is 2. The van der Waals surface area contributed by atoms with E-state index in [-0.39, 0.29) is 18.0 Å². The van der Waals surface area contributed by atoms with E-state index in [1.807, 2.05) is 5.32 Å². The Morgan fingerprint density at radius 2 is 1.72 bits per heavy atom. The SMILES string of the molecule is COc1nc(NC(=O)NS(=O)(=O)c2cocc2C(=O)O)nc(OC)n1. The number of aromatic nitrogens is 3. The Hall–Kier alpha value is -3.42. The maximum atomic E-state index is 12.1. The summed E-state index contributed by atoms with van der Waals surface area (Å²) in [6.45, 7) is 0. The van der Waals surface area contributed by atoms with Crippen molar-refractivity contribution < 1.29 is 37.0 Å². The molecule has 0 aromatic carbocycles. The van der Waals surface area contributed by atoms with E-state index in [0.717, 1.165) is 6.26 Å². The summed E-state index contributed by atoms with van der Waals surface area (Å²) in [7, 11) is -1.99. The van der Waals surface area contributed by atoms with Gasteiger partial charge in [-0.25, -0.2) is 22.7 Å². The monoisotopic (exact) mass is 373 g/mol. The number of rotatable bonds is 6. The van der Waals surface area contributed by atoms with E-state index in [2.05, 4.69) is 19.4 Å². The van der Waals surface area contributed by atoms with Crippen LogP contribution in [-0.2, 0) is 10.0 Å². The molecule has 0 spiro atoms. The number of urea groups is 1. The van der Waals surface area contributed by atoms with Gasteiger partial charge in [0, 0.05) is 0 Å². The van der Waals surface area contributed by atoms with Crippen molar-refractivity contribution in [1.29, 1.82) is 0 Å². The topological polar surface area (TPSA) is 183 Å². The summed E-state index contributed by atoms with van der Waals surface area (Å²) in [4.78, 5) is 33.1. The van der Waals surface area contributed by atoms with Crippen LogP contribution in [0.15, 0.2) is 21.8 Å². The fourth-order valence-corrected chi connectivity index (χ4v) is 2.54. The molecule has 0 aliphatic heterocycles.